The largest absolute Gasteiger partial charge is 0.423 e. The molecule has 0 aliphatic rings. The fraction of sp³-hybridized carbons (Fsp3) is 0.750. The van der Waals surface area contributed by atoms with Crippen molar-refractivity contribution in [3.8, 4) is 0 Å². The summed E-state index contributed by atoms with van der Waals surface area (Å²) < 4.78 is 5.36. The van der Waals surface area contributed by atoms with Gasteiger partial charge in [0.2, 0.25) is 11.8 Å². The van der Waals surface area contributed by atoms with Crippen LogP contribution in [-0.2, 0) is 5.41 Å². The fourth-order valence-corrected chi connectivity index (χ4v) is 0.722. The summed E-state index contributed by atoms with van der Waals surface area (Å²) in [5.41, 5.74) is 5.48. The van der Waals surface area contributed by atoms with Gasteiger partial charge in [-0.05, 0) is 6.92 Å². The molecule has 0 aromatic carbocycles. The second-order valence-corrected chi connectivity index (χ2v) is 3.98. The van der Waals surface area contributed by atoms with E-state index in [2.05, 4.69) is 10.2 Å². The maximum atomic E-state index is 5.57. The van der Waals surface area contributed by atoms with Gasteiger partial charge in [0.05, 0.1) is 6.04 Å². The summed E-state index contributed by atoms with van der Waals surface area (Å²) in [6.07, 6.45) is 0. The molecule has 68 valence electrons. The molecule has 2 N–H and O–H groups in total. The molecule has 1 rings (SSSR count). The Morgan fingerprint density at radius 1 is 1.33 bits per heavy atom. The molecular weight excluding hydrogens is 154 g/mol. The lowest BCUT2D eigenvalue weighted by Crippen LogP contribution is -2.11. The Labute approximate surface area is 72.2 Å². The molecule has 1 aromatic rings. The molecule has 0 fully saturated rings. The van der Waals surface area contributed by atoms with E-state index in [9.17, 15) is 0 Å². The normalized spacial score (nSPS) is 14.8. The Bertz CT molecular complexity index is 260. The van der Waals surface area contributed by atoms with Gasteiger partial charge >= 0.3 is 0 Å². The zero-order valence-corrected chi connectivity index (χ0v) is 7.96. The van der Waals surface area contributed by atoms with Gasteiger partial charge in [0, 0.05) is 5.41 Å². The summed E-state index contributed by atoms with van der Waals surface area (Å²) >= 11 is 0. The van der Waals surface area contributed by atoms with Crippen LogP contribution in [0.15, 0.2) is 4.42 Å². The van der Waals surface area contributed by atoms with E-state index in [0.717, 1.165) is 0 Å². The molecule has 0 radical (unpaired) electrons. The first-order valence-corrected chi connectivity index (χ1v) is 4.00. The predicted octanol–water partition coefficient (Wildman–Crippen LogP) is 1.39. The van der Waals surface area contributed by atoms with Crippen molar-refractivity contribution in [1.29, 1.82) is 0 Å². The number of hydrogen-bond acceptors (Lipinski definition) is 4. The van der Waals surface area contributed by atoms with Crippen LogP contribution in [-0.4, -0.2) is 10.2 Å². The van der Waals surface area contributed by atoms with Crippen LogP contribution in [0.2, 0.25) is 0 Å². The van der Waals surface area contributed by atoms with Crippen LogP contribution in [0.25, 0.3) is 0 Å². The number of rotatable bonds is 1. The smallest absolute Gasteiger partial charge is 0.232 e. The van der Waals surface area contributed by atoms with Crippen molar-refractivity contribution in [3.63, 3.8) is 0 Å². The van der Waals surface area contributed by atoms with Gasteiger partial charge in [-0.25, -0.2) is 0 Å². The minimum absolute atomic E-state index is 0.0971. The van der Waals surface area contributed by atoms with E-state index in [0.29, 0.717) is 11.8 Å². The molecule has 0 bridgehead atoms. The summed E-state index contributed by atoms with van der Waals surface area (Å²) in [5.74, 6) is 1.13. The molecular formula is C8H15N3O. The molecule has 1 aromatic heterocycles. The zero-order valence-electron chi connectivity index (χ0n) is 7.96. The summed E-state index contributed by atoms with van der Waals surface area (Å²) in [6, 6.07) is -0.186. The number of hydrogen-bond donors (Lipinski definition) is 1. The van der Waals surface area contributed by atoms with E-state index >= 15 is 0 Å². The standard InChI is InChI=1S/C8H15N3O/c1-5(9)6-10-11-7(12-6)8(2,3)4/h5H,9H2,1-4H3/t5-/m0/s1. The van der Waals surface area contributed by atoms with E-state index in [4.69, 9.17) is 10.2 Å². The lowest BCUT2D eigenvalue weighted by molar-refractivity contribution is 0.361. The molecule has 4 heteroatoms. The molecule has 0 aliphatic carbocycles. The lowest BCUT2D eigenvalue weighted by atomic mass is 9.97. The van der Waals surface area contributed by atoms with Gasteiger partial charge in [-0.1, -0.05) is 20.8 Å². The maximum Gasteiger partial charge on any atom is 0.232 e. The molecule has 4 nitrogen and oxygen atoms in total. The van der Waals surface area contributed by atoms with Gasteiger partial charge in [0.15, 0.2) is 0 Å². The molecule has 1 heterocycles. The third kappa shape index (κ3) is 1.82. The molecule has 0 amide bonds. The molecule has 0 spiro atoms. The average molecular weight is 169 g/mol. The Kier molecular flexibility index (Phi) is 2.19. The summed E-state index contributed by atoms with van der Waals surface area (Å²) in [6.45, 7) is 7.88. The van der Waals surface area contributed by atoms with Crippen molar-refractivity contribution in [3.05, 3.63) is 11.8 Å². The SMILES string of the molecule is C[C@H](N)c1nnc(C(C)(C)C)o1. The van der Waals surface area contributed by atoms with Gasteiger partial charge in [0.1, 0.15) is 0 Å². The number of nitrogens with two attached hydrogens (primary N) is 1. The Balaban J connectivity index is 2.92. The van der Waals surface area contributed by atoms with Crippen LogP contribution in [0.4, 0.5) is 0 Å². The van der Waals surface area contributed by atoms with Crippen LogP contribution in [0.3, 0.4) is 0 Å². The van der Waals surface area contributed by atoms with E-state index in [1.54, 1.807) is 0 Å². The Hall–Kier alpha value is -0.900. The van der Waals surface area contributed by atoms with Crippen molar-refractivity contribution < 1.29 is 4.42 Å². The highest BCUT2D eigenvalue weighted by Gasteiger charge is 2.22. The second kappa shape index (κ2) is 2.86. The first kappa shape index (κ1) is 9.19. The molecule has 0 aliphatic heterocycles. The molecule has 12 heavy (non-hydrogen) atoms. The molecule has 0 unspecified atom stereocenters. The minimum atomic E-state index is -0.186. The third-order valence-electron chi connectivity index (χ3n) is 1.47. The summed E-state index contributed by atoms with van der Waals surface area (Å²) in [4.78, 5) is 0. The van der Waals surface area contributed by atoms with Gasteiger partial charge in [-0.15, -0.1) is 10.2 Å². The number of aromatic nitrogens is 2. The van der Waals surface area contributed by atoms with Gasteiger partial charge in [0.25, 0.3) is 0 Å². The minimum Gasteiger partial charge on any atom is -0.423 e. The molecule has 0 saturated heterocycles. The van der Waals surface area contributed by atoms with Crippen LogP contribution >= 0.6 is 0 Å². The molecule has 1 atom stereocenters. The van der Waals surface area contributed by atoms with Gasteiger partial charge < -0.3 is 10.2 Å². The van der Waals surface area contributed by atoms with Crippen LogP contribution in [0.1, 0.15) is 45.5 Å². The van der Waals surface area contributed by atoms with E-state index in [1.165, 1.54) is 0 Å². The zero-order chi connectivity index (χ0) is 9.35. The highest BCUT2D eigenvalue weighted by molar-refractivity contribution is 4.97. The topological polar surface area (TPSA) is 64.9 Å². The number of nitrogens with zero attached hydrogens (tertiary/aromatic N) is 2. The highest BCUT2D eigenvalue weighted by Crippen LogP contribution is 2.21. The fourth-order valence-electron chi connectivity index (χ4n) is 0.722. The van der Waals surface area contributed by atoms with Crippen molar-refractivity contribution in [2.75, 3.05) is 0 Å². The monoisotopic (exact) mass is 169 g/mol. The van der Waals surface area contributed by atoms with Crippen molar-refractivity contribution in [2.24, 2.45) is 5.73 Å². The Morgan fingerprint density at radius 3 is 2.17 bits per heavy atom. The van der Waals surface area contributed by atoms with Crippen molar-refractivity contribution in [1.82, 2.24) is 10.2 Å². The van der Waals surface area contributed by atoms with Crippen LogP contribution in [0, 0.1) is 0 Å². The van der Waals surface area contributed by atoms with E-state index in [-0.39, 0.29) is 11.5 Å². The first-order valence-electron chi connectivity index (χ1n) is 4.00. The summed E-state index contributed by atoms with van der Waals surface area (Å²) in [7, 11) is 0. The van der Waals surface area contributed by atoms with Crippen LogP contribution < -0.4 is 5.73 Å². The molecule has 0 saturated carbocycles. The summed E-state index contributed by atoms with van der Waals surface area (Å²) in [5, 5.41) is 7.75. The van der Waals surface area contributed by atoms with Gasteiger partial charge in [-0.2, -0.15) is 0 Å². The van der Waals surface area contributed by atoms with Crippen molar-refractivity contribution >= 4 is 0 Å². The van der Waals surface area contributed by atoms with Crippen LogP contribution in [0.5, 0.6) is 0 Å². The van der Waals surface area contributed by atoms with E-state index < -0.39 is 0 Å². The average Bonchev–Trinajstić information content (AvgIpc) is 2.30. The lowest BCUT2D eigenvalue weighted by Gasteiger charge is -2.11. The quantitative estimate of drug-likeness (QED) is 0.689. The second-order valence-electron chi connectivity index (χ2n) is 3.98. The van der Waals surface area contributed by atoms with Crippen molar-refractivity contribution in [2.45, 2.75) is 39.2 Å². The maximum absolute atomic E-state index is 5.57. The highest BCUT2D eigenvalue weighted by atomic mass is 16.4. The van der Waals surface area contributed by atoms with Gasteiger partial charge in [-0.3, -0.25) is 0 Å². The Morgan fingerprint density at radius 2 is 1.92 bits per heavy atom. The third-order valence-corrected chi connectivity index (χ3v) is 1.47. The first-order chi connectivity index (χ1) is 5.41. The predicted molar refractivity (Wildman–Crippen MR) is 45.6 cm³/mol. The van der Waals surface area contributed by atoms with E-state index in [1.807, 2.05) is 27.7 Å².